The second-order valence-electron chi connectivity index (χ2n) is 25.5. The van der Waals surface area contributed by atoms with Crippen molar-refractivity contribution < 1.29 is 18.6 Å². The highest BCUT2D eigenvalue weighted by Gasteiger charge is 2.54. The maximum atomic E-state index is 6.57. The Morgan fingerprint density at radius 3 is 1.39 bits per heavy atom. The quantitative estimate of drug-likeness (QED) is 0.112. The van der Waals surface area contributed by atoms with Crippen molar-refractivity contribution in [3.05, 3.63) is 177 Å². The lowest BCUT2D eigenvalue weighted by Gasteiger charge is -2.32. The molecule has 6 nitrogen and oxygen atoms in total. The van der Waals surface area contributed by atoms with Gasteiger partial charge in [0.25, 0.3) is 0 Å². The van der Waals surface area contributed by atoms with E-state index < -0.39 is 42.1 Å². The molecular weight excluding hydrogens is 1220 g/mol. The van der Waals surface area contributed by atoms with E-state index in [9.17, 15) is 0 Å². The monoisotopic (exact) mass is 1290 g/mol. The third-order valence-electron chi connectivity index (χ3n) is 17.8. The molecule has 7 aromatic carbocycles. The summed E-state index contributed by atoms with van der Waals surface area (Å²) in [6.07, 6.45) is 11.9. The van der Waals surface area contributed by atoms with Crippen LogP contribution in [0, 0.1) is 95.7 Å². The van der Waals surface area contributed by atoms with Gasteiger partial charge in [-0.15, -0.1) is 12.8 Å². The van der Waals surface area contributed by atoms with Gasteiger partial charge >= 0.3 is 14.2 Å². The van der Waals surface area contributed by atoms with Crippen LogP contribution in [0.2, 0.25) is 0 Å². The fourth-order valence-corrected chi connectivity index (χ4v) is 11.7. The van der Waals surface area contributed by atoms with E-state index in [2.05, 4.69) is 332 Å². The van der Waals surface area contributed by atoms with Crippen LogP contribution < -0.4 is 15.8 Å². The molecule has 0 amide bonds. The SMILES string of the molecule is C#CC#CC#CC#CC1(C#CC#CC#CC#C)c2cc(B3OC(C)(C)C(C)(C)O3)ccc2-c2cc3c4cc(B5OC(C)(C)C(C)(C)O5)ccc4n(-c4ccc(C(C)(C)C)cc4)c3cc21.CCC(C)c1ccc(N(c2ccc(Br)cc2)c2ccc(Br)cc2)cc1. The highest BCUT2D eigenvalue weighted by atomic mass is 79.9. The first-order valence-electron chi connectivity index (χ1n) is 29.8. The minimum atomic E-state index is -1.23. The predicted octanol–water partition coefficient (Wildman–Crippen LogP) is 16.4. The van der Waals surface area contributed by atoms with Crippen molar-refractivity contribution in [2.45, 2.75) is 136 Å². The van der Waals surface area contributed by atoms with E-state index in [1.807, 2.05) is 27.7 Å². The zero-order valence-electron chi connectivity index (χ0n) is 52.7. The maximum Gasteiger partial charge on any atom is 0.494 e. The summed E-state index contributed by atoms with van der Waals surface area (Å²) in [5, 5.41) is 2.09. The van der Waals surface area contributed by atoms with Crippen LogP contribution in [0.4, 0.5) is 17.1 Å². The van der Waals surface area contributed by atoms with Gasteiger partial charge in [0.15, 0.2) is 0 Å². The molecule has 11 rings (SSSR count). The molecule has 89 heavy (non-hydrogen) atoms. The minimum Gasteiger partial charge on any atom is -0.399 e. The number of nitrogens with zero attached hydrogens (tertiary/aromatic N) is 2. The molecule has 1 atom stereocenters. The molecule has 2 aliphatic heterocycles. The molecule has 0 bridgehead atoms. The van der Waals surface area contributed by atoms with E-state index in [0.717, 1.165) is 93.1 Å². The lowest BCUT2D eigenvalue weighted by Crippen LogP contribution is -2.41. The second-order valence-corrected chi connectivity index (χ2v) is 27.4. The van der Waals surface area contributed by atoms with Gasteiger partial charge in [0.05, 0.1) is 33.4 Å². The van der Waals surface area contributed by atoms with Crippen LogP contribution in [-0.4, -0.2) is 41.2 Å². The number of hydrogen-bond acceptors (Lipinski definition) is 5. The smallest absolute Gasteiger partial charge is 0.399 e. The molecule has 0 radical (unpaired) electrons. The Hall–Kier alpha value is -8.45. The number of benzene rings is 7. The van der Waals surface area contributed by atoms with Gasteiger partial charge in [-0.2, -0.15) is 0 Å². The largest absolute Gasteiger partial charge is 0.494 e. The summed E-state index contributed by atoms with van der Waals surface area (Å²) in [5.74, 6) is 40.1. The number of fused-ring (bicyclic) bond motifs is 6. The fraction of sp³-hybridized carbons (Fsp3) is 0.266. The van der Waals surface area contributed by atoms with Gasteiger partial charge in [0.1, 0.15) is 5.41 Å². The summed E-state index contributed by atoms with van der Waals surface area (Å²) in [4.78, 5) is 2.28. The summed E-state index contributed by atoms with van der Waals surface area (Å²) in [6, 6.07) is 51.8. The highest BCUT2D eigenvalue weighted by Crippen LogP contribution is 2.52. The predicted molar refractivity (Wildman–Crippen MR) is 377 cm³/mol. The van der Waals surface area contributed by atoms with E-state index in [1.54, 1.807) is 0 Å². The Bertz CT molecular complexity index is 4430. The molecule has 0 spiro atoms. The third kappa shape index (κ3) is 12.8. The standard InChI is InChI=1S/C57H47B2NO4.C22H21Br2N/c1-14-16-18-20-22-24-34-57(35-25-23-21-19-17-15-2)48-37-42(59-63-55(10,11)56(12,13)64-59)28-32-44(48)45-38-47-46-36-41(58-61-53(6,7)54(8,9)62-58)29-33-50(46)60(51(47)39-49(45)57)43-30-26-40(27-31-43)52(3,4)5;1-3-16(2)17-4-10-20(11-5-17)25(21-12-6-18(23)7-13-21)22-14-8-19(24)9-15-22/h1-2,26-33,36-39H,3-13H3;4-16H,3H2,1-2H3. The zero-order valence-corrected chi connectivity index (χ0v) is 55.9. The Labute approximate surface area is 545 Å². The first kappa shape index (κ1) is 63.6. The van der Waals surface area contributed by atoms with Crippen molar-refractivity contribution in [2.24, 2.45) is 0 Å². The molecule has 0 saturated carbocycles. The van der Waals surface area contributed by atoms with Crippen LogP contribution in [0.1, 0.15) is 125 Å². The van der Waals surface area contributed by atoms with E-state index in [1.165, 1.54) is 11.1 Å². The number of rotatable bonds is 8. The number of terminal acetylenes is 2. The van der Waals surface area contributed by atoms with Crippen molar-refractivity contribution >= 4 is 95.9 Å². The summed E-state index contributed by atoms with van der Waals surface area (Å²) >= 11 is 7.05. The summed E-state index contributed by atoms with van der Waals surface area (Å²) in [6.45, 7) is 27.6. The van der Waals surface area contributed by atoms with Gasteiger partial charge in [-0.25, -0.2) is 0 Å². The van der Waals surface area contributed by atoms with E-state index in [4.69, 9.17) is 31.5 Å². The Kier molecular flexibility index (Phi) is 18.0. The highest BCUT2D eigenvalue weighted by molar-refractivity contribution is 9.10. The molecule has 2 saturated heterocycles. The lowest BCUT2D eigenvalue weighted by molar-refractivity contribution is 0.00578. The van der Waals surface area contributed by atoms with Crippen molar-refractivity contribution in [2.75, 3.05) is 4.90 Å². The van der Waals surface area contributed by atoms with Crippen molar-refractivity contribution in [1.82, 2.24) is 4.57 Å². The van der Waals surface area contributed by atoms with Crippen molar-refractivity contribution in [3.8, 4) is 113 Å². The molecular formula is C79H68B2Br2N2O4. The number of aromatic nitrogens is 1. The van der Waals surface area contributed by atoms with Crippen LogP contribution >= 0.6 is 31.9 Å². The average Bonchev–Trinajstić information content (AvgIpc) is 1.55. The first-order valence-corrected chi connectivity index (χ1v) is 31.4. The van der Waals surface area contributed by atoms with Crippen LogP contribution in [0.25, 0.3) is 38.6 Å². The zero-order chi connectivity index (χ0) is 63.7. The van der Waals surface area contributed by atoms with E-state index in [0.29, 0.717) is 5.92 Å². The first-order chi connectivity index (χ1) is 42.3. The topological polar surface area (TPSA) is 45.1 Å². The molecule has 438 valence electrons. The molecule has 1 aliphatic carbocycles. The van der Waals surface area contributed by atoms with Crippen LogP contribution in [0.15, 0.2) is 155 Å². The number of hydrogen-bond donors (Lipinski definition) is 0. The van der Waals surface area contributed by atoms with Crippen molar-refractivity contribution in [1.29, 1.82) is 0 Å². The van der Waals surface area contributed by atoms with Gasteiger partial charge < -0.3 is 28.1 Å². The molecule has 3 heterocycles. The van der Waals surface area contributed by atoms with Crippen LogP contribution in [-0.2, 0) is 29.4 Å². The van der Waals surface area contributed by atoms with Gasteiger partial charge in [-0.05, 0) is 279 Å². The normalized spacial score (nSPS) is 15.9. The fourth-order valence-electron chi connectivity index (χ4n) is 11.1. The Balaban J connectivity index is 0.000000291. The summed E-state index contributed by atoms with van der Waals surface area (Å²) in [5.41, 5.74) is 11.1. The van der Waals surface area contributed by atoms with E-state index >= 15 is 0 Å². The minimum absolute atomic E-state index is 0.0236. The number of anilines is 3. The molecule has 8 aromatic rings. The molecule has 10 heteroatoms. The van der Waals surface area contributed by atoms with Gasteiger partial charge in [0, 0.05) is 42.5 Å². The van der Waals surface area contributed by atoms with Gasteiger partial charge in [0.2, 0.25) is 0 Å². The molecule has 1 unspecified atom stereocenters. The van der Waals surface area contributed by atoms with Crippen LogP contribution in [0.5, 0.6) is 0 Å². The van der Waals surface area contributed by atoms with Gasteiger partial charge in [-0.3, -0.25) is 0 Å². The lowest BCUT2D eigenvalue weighted by atomic mass is 9.73. The van der Waals surface area contributed by atoms with Crippen molar-refractivity contribution in [3.63, 3.8) is 0 Å². The molecule has 0 N–H and O–H groups in total. The molecule has 2 fully saturated rings. The Morgan fingerprint density at radius 2 is 0.921 bits per heavy atom. The van der Waals surface area contributed by atoms with Crippen LogP contribution in [0.3, 0.4) is 0 Å². The second kappa shape index (κ2) is 25.2. The average molecular weight is 1290 g/mol. The summed E-state index contributed by atoms with van der Waals surface area (Å²) < 4.78 is 30.8. The summed E-state index contributed by atoms with van der Waals surface area (Å²) in [7, 11) is -1.18. The molecule has 3 aliphatic rings. The maximum absolute atomic E-state index is 6.57. The Morgan fingerprint density at radius 1 is 0.494 bits per heavy atom. The van der Waals surface area contributed by atoms with E-state index in [-0.39, 0.29) is 5.41 Å². The third-order valence-corrected chi connectivity index (χ3v) is 18.8. The van der Waals surface area contributed by atoms with Gasteiger partial charge in [-0.1, -0.05) is 133 Å². The number of halogens is 2. The molecule has 1 aromatic heterocycles.